The first kappa shape index (κ1) is 14.9. The summed E-state index contributed by atoms with van der Waals surface area (Å²) >= 11 is 0. The number of furan rings is 1. The fourth-order valence-electron chi connectivity index (χ4n) is 1.96. The highest BCUT2D eigenvalue weighted by molar-refractivity contribution is 6.04. The first-order chi connectivity index (χ1) is 10.9. The monoisotopic (exact) mass is 325 g/mol. The Labute approximate surface area is 126 Å². The number of aryl methyl sites for hydroxylation is 1. The molecular weight excluding hydrogens is 315 g/mol. The van der Waals surface area contributed by atoms with Gasteiger partial charge in [0.2, 0.25) is 0 Å². The van der Waals surface area contributed by atoms with Crippen molar-refractivity contribution < 1.29 is 22.4 Å². The number of nitrogens with one attached hydrogen (secondary N) is 3. The van der Waals surface area contributed by atoms with Crippen LogP contribution in [0.5, 0.6) is 0 Å². The number of carbonyl (C=O) groups is 1. The van der Waals surface area contributed by atoms with Crippen LogP contribution in [-0.4, -0.2) is 26.3 Å². The zero-order valence-electron chi connectivity index (χ0n) is 11.7. The number of rotatable bonds is 3. The fraction of sp³-hybridized carbons (Fsp3) is 0.154. The maximum atomic E-state index is 12.8. The number of aromatic amines is 2. The molecule has 0 bridgehead atoms. The van der Waals surface area contributed by atoms with Gasteiger partial charge < -0.3 is 9.73 Å². The van der Waals surface area contributed by atoms with E-state index in [1.807, 2.05) is 0 Å². The quantitative estimate of drug-likeness (QED) is 0.689. The van der Waals surface area contributed by atoms with Crippen molar-refractivity contribution in [1.82, 2.24) is 20.4 Å². The predicted octanol–water partition coefficient (Wildman–Crippen LogP) is 2.97. The lowest BCUT2D eigenvalue weighted by molar-refractivity contribution is -0.140. The Morgan fingerprint density at radius 1 is 1.30 bits per heavy atom. The zero-order valence-corrected chi connectivity index (χ0v) is 11.7. The largest absolute Gasteiger partial charge is 0.463 e. The maximum Gasteiger partial charge on any atom is 0.437 e. The Kier molecular flexibility index (Phi) is 3.43. The average molecular weight is 325 g/mol. The van der Waals surface area contributed by atoms with E-state index in [2.05, 4.69) is 25.7 Å². The summed E-state index contributed by atoms with van der Waals surface area (Å²) in [6.07, 6.45) is -3.24. The summed E-state index contributed by atoms with van der Waals surface area (Å²) in [6, 6.07) is 4.67. The minimum Gasteiger partial charge on any atom is -0.463 e. The number of halogens is 3. The molecule has 3 rings (SSSR count). The van der Waals surface area contributed by atoms with Crippen LogP contribution in [0.1, 0.15) is 21.9 Å². The summed E-state index contributed by atoms with van der Waals surface area (Å²) in [5.74, 6) is -0.346. The van der Waals surface area contributed by atoms with Gasteiger partial charge in [-0.25, -0.2) is 0 Å². The molecule has 1 amide bonds. The van der Waals surface area contributed by atoms with E-state index >= 15 is 0 Å². The van der Waals surface area contributed by atoms with Gasteiger partial charge in [0.05, 0.1) is 17.6 Å². The zero-order chi connectivity index (χ0) is 16.6. The molecule has 0 aliphatic rings. The van der Waals surface area contributed by atoms with E-state index in [0.29, 0.717) is 11.5 Å². The Hall–Kier alpha value is -3.04. The van der Waals surface area contributed by atoms with E-state index in [-0.39, 0.29) is 11.4 Å². The highest BCUT2D eigenvalue weighted by atomic mass is 19.4. The first-order valence-corrected chi connectivity index (χ1v) is 6.39. The molecular formula is C13H10F3N5O2. The van der Waals surface area contributed by atoms with E-state index in [4.69, 9.17) is 4.42 Å². The molecule has 0 unspecified atom stereocenters. The standard InChI is InChI=1S/C13H10F3N5O2/c1-6-10(11(21-18-6)13(14,15)16)17-12(22)8-5-7(19-20-8)9-3-2-4-23-9/h2-5H,1H3,(H,17,22)(H,18,21)(H,19,20). The van der Waals surface area contributed by atoms with Gasteiger partial charge in [-0.15, -0.1) is 0 Å². The topological polar surface area (TPSA) is 99.6 Å². The molecule has 120 valence electrons. The predicted molar refractivity (Wildman–Crippen MR) is 72.6 cm³/mol. The molecule has 0 aliphatic heterocycles. The normalized spacial score (nSPS) is 11.7. The summed E-state index contributed by atoms with van der Waals surface area (Å²) < 4.78 is 43.6. The van der Waals surface area contributed by atoms with E-state index in [0.717, 1.165) is 0 Å². The molecule has 23 heavy (non-hydrogen) atoms. The van der Waals surface area contributed by atoms with Crippen molar-refractivity contribution in [3.63, 3.8) is 0 Å². The molecule has 0 atom stereocenters. The van der Waals surface area contributed by atoms with Gasteiger partial charge in [0, 0.05) is 6.07 Å². The second kappa shape index (κ2) is 5.30. The summed E-state index contributed by atoms with van der Waals surface area (Å²) in [4.78, 5) is 12.1. The molecule has 0 saturated carbocycles. The summed E-state index contributed by atoms with van der Waals surface area (Å²) in [6.45, 7) is 1.37. The minimum atomic E-state index is -4.68. The van der Waals surface area contributed by atoms with Crippen LogP contribution in [0.3, 0.4) is 0 Å². The van der Waals surface area contributed by atoms with Crippen LogP contribution in [-0.2, 0) is 6.18 Å². The second-order valence-corrected chi connectivity index (χ2v) is 4.67. The molecule has 0 radical (unpaired) electrons. The summed E-state index contributed by atoms with van der Waals surface area (Å²) in [5, 5.41) is 13.9. The van der Waals surface area contributed by atoms with E-state index < -0.39 is 23.5 Å². The number of anilines is 1. The van der Waals surface area contributed by atoms with Gasteiger partial charge in [-0.3, -0.25) is 15.0 Å². The van der Waals surface area contributed by atoms with E-state index in [9.17, 15) is 18.0 Å². The van der Waals surface area contributed by atoms with Gasteiger partial charge in [-0.1, -0.05) is 0 Å². The van der Waals surface area contributed by atoms with Crippen molar-refractivity contribution in [2.75, 3.05) is 5.32 Å². The van der Waals surface area contributed by atoms with Crippen LogP contribution in [0, 0.1) is 6.92 Å². The van der Waals surface area contributed by atoms with Crippen LogP contribution < -0.4 is 5.32 Å². The van der Waals surface area contributed by atoms with Gasteiger partial charge >= 0.3 is 6.18 Å². The molecule has 3 N–H and O–H groups in total. The Morgan fingerprint density at radius 2 is 2.09 bits per heavy atom. The van der Waals surface area contributed by atoms with Gasteiger partial charge in [0.15, 0.2) is 17.1 Å². The number of aromatic nitrogens is 4. The highest BCUT2D eigenvalue weighted by Gasteiger charge is 2.38. The van der Waals surface area contributed by atoms with Crippen LogP contribution >= 0.6 is 0 Å². The third kappa shape index (κ3) is 2.82. The van der Waals surface area contributed by atoms with Crippen LogP contribution in [0.4, 0.5) is 18.9 Å². The second-order valence-electron chi connectivity index (χ2n) is 4.67. The van der Waals surface area contributed by atoms with Crippen molar-refractivity contribution in [3.05, 3.63) is 41.5 Å². The van der Waals surface area contributed by atoms with E-state index in [1.165, 1.54) is 19.3 Å². The number of H-pyrrole nitrogens is 2. The lowest BCUT2D eigenvalue weighted by atomic mass is 10.2. The number of carbonyl (C=O) groups excluding carboxylic acids is 1. The third-order valence-electron chi connectivity index (χ3n) is 3.05. The van der Waals surface area contributed by atoms with Crippen LogP contribution in [0.2, 0.25) is 0 Å². The number of nitrogens with zero attached hydrogens (tertiary/aromatic N) is 2. The molecule has 3 aromatic rings. The molecule has 0 fully saturated rings. The molecule has 3 aromatic heterocycles. The van der Waals surface area contributed by atoms with Crippen LogP contribution in [0.15, 0.2) is 28.9 Å². The van der Waals surface area contributed by atoms with Gasteiger partial charge in [0.25, 0.3) is 5.91 Å². The molecule has 10 heteroatoms. The number of hydrogen-bond donors (Lipinski definition) is 3. The Bertz CT molecular complexity index is 832. The summed E-state index contributed by atoms with van der Waals surface area (Å²) in [5.41, 5.74) is -1.17. The van der Waals surface area contributed by atoms with Crippen molar-refractivity contribution in [2.24, 2.45) is 0 Å². The van der Waals surface area contributed by atoms with Crippen molar-refractivity contribution in [2.45, 2.75) is 13.1 Å². The molecule has 0 saturated heterocycles. The SMILES string of the molecule is Cc1[nH]nc(C(F)(F)F)c1NC(=O)c1cc(-c2ccco2)[nH]n1. The third-order valence-corrected chi connectivity index (χ3v) is 3.05. The smallest absolute Gasteiger partial charge is 0.437 e. The van der Waals surface area contributed by atoms with E-state index in [1.54, 1.807) is 12.1 Å². The molecule has 0 aliphatic carbocycles. The molecule has 7 nitrogen and oxygen atoms in total. The maximum absolute atomic E-state index is 12.8. The highest BCUT2D eigenvalue weighted by Crippen LogP contribution is 2.34. The Balaban J connectivity index is 1.85. The first-order valence-electron chi connectivity index (χ1n) is 6.39. The van der Waals surface area contributed by atoms with Crippen molar-refractivity contribution in [1.29, 1.82) is 0 Å². The minimum absolute atomic E-state index is 0.0786. The number of hydrogen-bond acceptors (Lipinski definition) is 4. The van der Waals surface area contributed by atoms with Gasteiger partial charge in [0.1, 0.15) is 5.69 Å². The van der Waals surface area contributed by atoms with Crippen LogP contribution in [0.25, 0.3) is 11.5 Å². The van der Waals surface area contributed by atoms with Crippen molar-refractivity contribution in [3.8, 4) is 11.5 Å². The molecule has 0 spiro atoms. The average Bonchev–Trinajstić information content (AvgIpc) is 3.17. The summed E-state index contributed by atoms with van der Waals surface area (Å²) in [7, 11) is 0. The molecule has 3 heterocycles. The number of amides is 1. The van der Waals surface area contributed by atoms with Gasteiger partial charge in [-0.2, -0.15) is 23.4 Å². The number of alkyl halides is 3. The Morgan fingerprint density at radius 3 is 2.74 bits per heavy atom. The fourth-order valence-corrected chi connectivity index (χ4v) is 1.96. The van der Waals surface area contributed by atoms with Gasteiger partial charge in [-0.05, 0) is 19.1 Å². The lowest BCUT2D eigenvalue weighted by Crippen LogP contribution is -2.17. The van der Waals surface area contributed by atoms with Crippen molar-refractivity contribution >= 4 is 11.6 Å². The molecule has 0 aromatic carbocycles. The lowest BCUT2D eigenvalue weighted by Gasteiger charge is -2.07.